The van der Waals surface area contributed by atoms with Gasteiger partial charge in [0, 0.05) is 18.8 Å². The number of nitrogens with two attached hydrogens (primary N) is 1. The third kappa shape index (κ3) is 4.22. The summed E-state index contributed by atoms with van der Waals surface area (Å²) in [5, 5.41) is 0. The van der Waals surface area contributed by atoms with Crippen LogP contribution in [0.2, 0.25) is 0 Å². The average molecular weight is 262 g/mol. The number of ether oxygens (including phenoxy) is 1. The molecular weight excluding hydrogens is 236 g/mol. The van der Waals surface area contributed by atoms with Gasteiger partial charge in [-0.05, 0) is 57.4 Å². The van der Waals surface area contributed by atoms with E-state index >= 15 is 0 Å². The fraction of sp³-hybridized carbons (Fsp3) is 0.625. The molecule has 106 valence electrons. The molecule has 1 heterocycles. The molecule has 19 heavy (non-hydrogen) atoms. The minimum absolute atomic E-state index is 0.369. The molecule has 0 aromatic heterocycles. The van der Waals surface area contributed by atoms with Crippen molar-refractivity contribution in [2.75, 3.05) is 24.5 Å². The summed E-state index contributed by atoms with van der Waals surface area (Å²) in [4.78, 5) is 2.42. The van der Waals surface area contributed by atoms with Gasteiger partial charge in [0.2, 0.25) is 0 Å². The van der Waals surface area contributed by atoms with E-state index in [1.807, 2.05) is 0 Å². The number of aryl methyl sites for hydroxylation is 1. The molecular formula is C16H26N2O. The summed E-state index contributed by atoms with van der Waals surface area (Å²) >= 11 is 0. The second-order valence-corrected chi connectivity index (χ2v) is 5.57. The molecule has 1 aromatic rings. The molecule has 3 heteroatoms. The van der Waals surface area contributed by atoms with Gasteiger partial charge in [0.05, 0.1) is 12.2 Å². The molecule has 0 spiro atoms. The second-order valence-electron chi connectivity index (χ2n) is 5.57. The summed E-state index contributed by atoms with van der Waals surface area (Å²) < 4.78 is 5.95. The van der Waals surface area contributed by atoms with Crippen molar-refractivity contribution in [3.05, 3.63) is 29.8 Å². The summed E-state index contributed by atoms with van der Waals surface area (Å²) in [6, 6.07) is 8.69. The first-order valence-corrected chi connectivity index (χ1v) is 7.36. The van der Waals surface area contributed by atoms with Gasteiger partial charge in [-0.2, -0.15) is 0 Å². The van der Waals surface area contributed by atoms with Crippen molar-refractivity contribution in [1.82, 2.24) is 0 Å². The smallest absolute Gasteiger partial charge is 0.0754 e. The molecule has 1 aromatic carbocycles. The molecule has 1 aliphatic heterocycles. The SMILES string of the molecule is Cc1cccc(N(CCCN)CC2CCC(C)O2)c1. The van der Waals surface area contributed by atoms with Crippen LogP contribution in [0.1, 0.15) is 31.7 Å². The lowest BCUT2D eigenvalue weighted by Crippen LogP contribution is -2.34. The normalized spacial score (nSPS) is 22.7. The first kappa shape index (κ1) is 14.4. The molecule has 2 unspecified atom stereocenters. The molecule has 0 aliphatic carbocycles. The van der Waals surface area contributed by atoms with Crippen LogP contribution in [0, 0.1) is 6.92 Å². The van der Waals surface area contributed by atoms with Crippen molar-refractivity contribution in [2.24, 2.45) is 5.73 Å². The first-order valence-electron chi connectivity index (χ1n) is 7.36. The van der Waals surface area contributed by atoms with Gasteiger partial charge in [0.1, 0.15) is 0 Å². The van der Waals surface area contributed by atoms with E-state index in [2.05, 4.69) is 43.0 Å². The maximum Gasteiger partial charge on any atom is 0.0754 e. The van der Waals surface area contributed by atoms with E-state index < -0.39 is 0 Å². The summed E-state index contributed by atoms with van der Waals surface area (Å²) in [6.07, 6.45) is 4.16. The highest BCUT2D eigenvalue weighted by Crippen LogP contribution is 2.23. The highest BCUT2D eigenvalue weighted by atomic mass is 16.5. The standard InChI is InChI=1S/C16H26N2O/c1-13-5-3-6-15(11-13)18(10-4-9-17)12-16-8-7-14(2)19-16/h3,5-6,11,14,16H,4,7-10,12,17H2,1-2H3. The topological polar surface area (TPSA) is 38.5 Å². The van der Waals surface area contributed by atoms with E-state index in [0.29, 0.717) is 12.2 Å². The minimum Gasteiger partial charge on any atom is -0.373 e. The van der Waals surface area contributed by atoms with Gasteiger partial charge in [-0.1, -0.05) is 12.1 Å². The van der Waals surface area contributed by atoms with Crippen molar-refractivity contribution in [2.45, 2.75) is 45.3 Å². The fourth-order valence-corrected chi connectivity index (χ4v) is 2.70. The lowest BCUT2D eigenvalue weighted by molar-refractivity contribution is 0.0600. The van der Waals surface area contributed by atoms with Gasteiger partial charge in [0.15, 0.2) is 0 Å². The summed E-state index contributed by atoms with van der Waals surface area (Å²) in [7, 11) is 0. The Morgan fingerprint density at radius 2 is 2.21 bits per heavy atom. The summed E-state index contributed by atoms with van der Waals surface area (Å²) in [5.41, 5.74) is 8.25. The van der Waals surface area contributed by atoms with Crippen LogP contribution >= 0.6 is 0 Å². The molecule has 2 N–H and O–H groups in total. The molecule has 3 nitrogen and oxygen atoms in total. The molecule has 2 rings (SSSR count). The van der Waals surface area contributed by atoms with Gasteiger partial charge < -0.3 is 15.4 Å². The molecule has 0 amide bonds. The predicted octanol–water partition coefficient (Wildman–Crippen LogP) is 2.72. The van der Waals surface area contributed by atoms with Crippen LogP contribution in [-0.2, 0) is 4.74 Å². The maximum atomic E-state index is 5.95. The molecule has 1 saturated heterocycles. The van der Waals surface area contributed by atoms with Gasteiger partial charge in [-0.25, -0.2) is 0 Å². The first-order chi connectivity index (χ1) is 9.19. The molecule has 0 saturated carbocycles. The monoisotopic (exact) mass is 262 g/mol. The molecule has 0 bridgehead atoms. The number of rotatable bonds is 6. The van der Waals surface area contributed by atoms with Crippen molar-refractivity contribution in [3.8, 4) is 0 Å². The van der Waals surface area contributed by atoms with Gasteiger partial charge >= 0.3 is 0 Å². The van der Waals surface area contributed by atoms with E-state index in [1.54, 1.807) is 0 Å². The maximum absolute atomic E-state index is 5.95. The molecule has 1 fully saturated rings. The van der Waals surface area contributed by atoms with Crippen molar-refractivity contribution >= 4 is 5.69 Å². The van der Waals surface area contributed by atoms with E-state index in [1.165, 1.54) is 24.1 Å². The Labute approximate surface area is 116 Å². The third-order valence-electron chi connectivity index (χ3n) is 3.74. The Morgan fingerprint density at radius 3 is 2.84 bits per heavy atom. The van der Waals surface area contributed by atoms with Gasteiger partial charge in [-0.15, -0.1) is 0 Å². The number of hydrogen-bond donors (Lipinski definition) is 1. The zero-order chi connectivity index (χ0) is 13.7. The number of benzene rings is 1. The Bertz CT molecular complexity index is 394. The van der Waals surface area contributed by atoms with Crippen LogP contribution in [0.25, 0.3) is 0 Å². The van der Waals surface area contributed by atoms with E-state index in [9.17, 15) is 0 Å². The lowest BCUT2D eigenvalue weighted by atomic mass is 10.1. The van der Waals surface area contributed by atoms with Gasteiger partial charge in [-0.3, -0.25) is 0 Å². The number of hydrogen-bond acceptors (Lipinski definition) is 3. The Morgan fingerprint density at radius 1 is 1.37 bits per heavy atom. The Hall–Kier alpha value is -1.06. The molecule has 0 radical (unpaired) electrons. The molecule has 1 aliphatic rings. The second kappa shape index (κ2) is 6.92. The zero-order valence-corrected chi connectivity index (χ0v) is 12.1. The summed E-state index contributed by atoms with van der Waals surface area (Å²) in [5.74, 6) is 0. The van der Waals surface area contributed by atoms with Crippen LogP contribution in [0.5, 0.6) is 0 Å². The summed E-state index contributed by atoms with van der Waals surface area (Å²) in [6.45, 7) is 7.03. The predicted molar refractivity (Wildman–Crippen MR) is 80.6 cm³/mol. The fourth-order valence-electron chi connectivity index (χ4n) is 2.70. The molecule has 2 atom stereocenters. The van der Waals surface area contributed by atoms with Crippen LogP contribution in [0.3, 0.4) is 0 Å². The van der Waals surface area contributed by atoms with Crippen LogP contribution in [-0.4, -0.2) is 31.8 Å². The lowest BCUT2D eigenvalue weighted by Gasteiger charge is -2.28. The van der Waals surface area contributed by atoms with E-state index in [0.717, 1.165) is 26.1 Å². The van der Waals surface area contributed by atoms with Crippen molar-refractivity contribution in [1.29, 1.82) is 0 Å². The van der Waals surface area contributed by atoms with Crippen LogP contribution < -0.4 is 10.6 Å². The number of nitrogens with zero attached hydrogens (tertiary/aromatic N) is 1. The third-order valence-corrected chi connectivity index (χ3v) is 3.74. The van der Waals surface area contributed by atoms with Gasteiger partial charge in [0.25, 0.3) is 0 Å². The largest absolute Gasteiger partial charge is 0.373 e. The average Bonchev–Trinajstić information content (AvgIpc) is 2.80. The van der Waals surface area contributed by atoms with Crippen LogP contribution in [0.4, 0.5) is 5.69 Å². The Kier molecular flexibility index (Phi) is 5.23. The van der Waals surface area contributed by atoms with Crippen LogP contribution in [0.15, 0.2) is 24.3 Å². The highest BCUT2D eigenvalue weighted by molar-refractivity contribution is 5.48. The number of anilines is 1. The van der Waals surface area contributed by atoms with E-state index in [-0.39, 0.29) is 0 Å². The quantitative estimate of drug-likeness (QED) is 0.856. The van der Waals surface area contributed by atoms with E-state index in [4.69, 9.17) is 10.5 Å². The zero-order valence-electron chi connectivity index (χ0n) is 12.1. The Balaban J connectivity index is 2.02. The van der Waals surface area contributed by atoms with Crippen molar-refractivity contribution in [3.63, 3.8) is 0 Å². The van der Waals surface area contributed by atoms with Crippen molar-refractivity contribution < 1.29 is 4.74 Å². The highest BCUT2D eigenvalue weighted by Gasteiger charge is 2.24. The minimum atomic E-state index is 0.369.